The normalized spacial score (nSPS) is 12.7. The number of anilines is 3. The molecule has 1 aliphatic rings. The number of fused-ring (bicyclic) bond motifs is 3. The molecule has 8 aromatic carbocycles. The summed E-state index contributed by atoms with van der Waals surface area (Å²) in [4.78, 5) is 2.46. The number of benzene rings is 8. The Morgan fingerprint density at radius 3 is 1.20 bits per heavy atom. The summed E-state index contributed by atoms with van der Waals surface area (Å²) < 4.78 is 0. The largest absolute Gasteiger partial charge is 0.310 e. The van der Waals surface area contributed by atoms with E-state index in [4.69, 9.17) is 0 Å². The first-order chi connectivity index (χ1) is 34.1. The maximum Gasteiger partial charge on any atom is 0.0867 e. The van der Waals surface area contributed by atoms with E-state index in [1.807, 2.05) is 0 Å². The zero-order valence-corrected chi connectivity index (χ0v) is 42.7. The van der Waals surface area contributed by atoms with Crippen LogP contribution in [0.5, 0.6) is 0 Å². The van der Waals surface area contributed by atoms with Crippen LogP contribution in [-0.2, 0) is 5.41 Å². The fourth-order valence-electron chi connectivity index (χ4n) is 11.7. The molecule has 0 saturated heterocycles. The summed E-state index contributed by atoms with van der Waals surface area (Å²) in [6.45, 7) is 7.04. The number of hydrogen-bond acceptors (Lipinski definition) is 1. The minimum absolute atomic E-state index is 0.482. The van der Waals surface area contributed by atoms with Gasteiger partial charge in [-0.1, -0.05) is 291 Å². The fourth-order valence-corrected chi connectivity index (χ4v) is 17.0. The van der Waals surface area contributed by atoms with Crippen molar-refractivity contribution in [1.82, 2.24) is 0 Å². The topological polar surface area (TPSA) is 3.24 Å². The highest BCUT2D eigenvalue weighted by atomic mass is 28.3. The minimum Gasteiger partial charge on any atom is -0.310 e. The van der Waals surface area contributed by atoms with E-state index < -0.39 is 13.5 Å². The molecule has 69 heavy (non-hydrogen) atoms. The lowest BCUT2D eigenvalue weighted by molar-refractivity contribution is 0.668. The molecule has 0 heterocycles. The Bertz CT molecular complexity index is 2740. The molecular weight excluding hydrogens is 847 g/mol. The molecule has 0 aliphatic heterocycles. The van der Waals surface area contributed by atoms with Crippen LogP contribution in [0.25, 0.3) is 33.4 Å². The molecule has 350 valence electrons. The van der Waals surface area contributed by atoms with E-state index in [0.717, 1.165) is 17.1 Å². The predicted molar refractivity (Wildman–Crippen MR) is 302 cm³/mol. The first-order valence-electron chi connectivity index (χ1n) is 26.6. The van der Waals surface area contributed by atoms with E-state index >= 15 is 0 Å². The lowest BCUT2D eigenvalue weighted by atomic mass is 9.67. The smallest absolute Gasteiger partial charge is 0.0867 e. The average molecular weight is 920 g/mol. The standard InChI is InChI=1S/C67H73NSi/c1-4-7-10-24-49-69(50-25-11-8-5-2,51-26-12-9-6-3)62-46-39-56(40-47-62)55-37-43-60(44-38-55)68(59-41-35-54(36-42-59)53-27-16-13-17-28-53)61-45-48-64-63-33-22-23-34-65(63)67(66(64)52-61,57-29-18-14-19-30-57)58-31-20-15-21-32-58/h13-23,27-48,52H,4-12,24-26,49-51H2,1-3H3. The van der Waals surface area contributed by atoms with E-state index in [9.17, 15) is 0 Å². The van der Waals surface area contributed by atoms with Crippen LogP contribution >= 0.6 is 0 Å². The molecule has 1 nitrogen and oxygen atoms in total. The van der Waals surface area contributed by atoms with Gasteiger partial charge < -0.3 is 4.90 Å². The molecule has 8 aromatic rings. The van der Waals surface area contributed by atoms with Crippen molar-refractivity contribution >= 4 is 30.3 Å². The lowest BCUT2D eigenvalue weighted by Crippen LogP contribution is -2.47. The van der Waals surface area contributed by atoms with Crippen LogP contribution in [0.4, 0.5) is 17.1 Å². The van der Waals surface area contributed by atoms with Gasteiger partial charge in [-0.25, -0.2) is 0 Å². The van der Waals surface area contributed by atoms with Gasteiger partial charge in [0.2, 0.25) is 0 Å². The first-order valence-corrected chi connectivity index (χ1v) is 29.2. The number of nitrogens with zero attached hydrogens (tertiary/aromatic N) is 1. The Balaban J connectivity index is 1.11. The summed E-state index contributed by atoms with van der Waals surface area (Å²) in [7, 11) is -1.66. The van der Waals surface area contributed by atoms with Crippen molar-refractivity contribution in [2.24, 2.45) is 0 Å². The predicted octanol–water partition coefficient (Wildman–Crippen LogP) is 19.3. The van der Waals surface area contributed by atoms with Gasteiger partial charge in [-0.05, 0) is 92.0 Å². The van der Waals surface area contributed by atoms with E-state index in [1.165, 1.54) is 151 Å². The molecule has 1 aliphatic carbocycles. The van der Waals surface area contributed by atoms with Crippen molar-refractivity contribution in [3.8, 4) is 33.4 Å². The van der Waals surface area contributed by atoms with Crippen molar-refractivity contribution in [2.45, 2.75) is 121 Å². The van der Waals surface area contributed by atoms with Gasteiger partial charge >= 0.3 is 0 Å². The SMILES string of the molecule is CCCCCC[Si](CCCCCC)(CCCCCC)c1ccc(-c2ccc(N(c3ccc(-c4ccccc4)cc3)c3ccc4c(c3)C(c3ccccc3)(c3ccccc3)c3ccccc3-4)cc2)cc1. The average Bonchev–Trinajstić information content (AvgIpc) is 3.71. The first kappa shape index (κ1) is 47.8. The summed E-state index contributed by atoms with van der Waals surface area (Å²) in [5.74, 6) is 0. The van der Waals surface area contributed by atoms with Gasteiger partial charge in [0.25, 0.3) is 0 Å². The molecule has 0 N–H and O–H groups in total. The third-order valence-electron chi connectivity index (χ3n) is 15.4. The molecular formula is C67H73NSi. The van der Waals surface area contributed by atoms with Crippen LogP contribution < -0.4 is 10.1 Å². The second-order valence-corrected chi connectivity index (χ2v) is 24.5. The molecule has 0 atom stereocenters. The van der Waals surface area contributed by atoms with Crippen LogP contribution in [0.2, 0.25) is 18.1 Å². The van der Waals surface area contributed by atoms with Crippen LogP contribution in [0.15, 0.2) is 206 Å². The Morgan fingerprint density at radius 1 is 0.333 bits per heavy atom. The highest BCUT2D eigenvalue weighted by Crippen LogP contribution is 2.57. The van der Waals surface area contributed by atoms with Gasteiger partial charge in [0.05, 0.1) is 13.5 Å². The maximum atomic E-state index is 2.57. The van der Waals surface area contributed by atoms with Gasteiger partial charge in [-0.3, -0.25) is 0 Å². The Morgan fingerprint density at radius 2 is 0.725 bits per heavy atom. The zero-order valence-electron chi connectivity index (χ0n) is 41.7. The third kappa shape index (κ3) is 10.2. The van der Waals surface area contributed by atoms with E-state index in [2.05, 4.69) is 232 Å². The molecule has 2 heteroatoms. The Labute approximate surface area is 416 Å². The molecule has 0 spiro atoms. The van der Waals surface area contributed by atoms with Crippen molar-refractivity contribution in [3.05, 3.63) is 229 Å². The van der Waals surface area contributed by atoms with Crippen LogP contribution in [0, 0.1) is 0 Å². The summed E-state index contributed by atoms with van der Waals surface area (Å²) in [5, 5.41) is 1.71. The quantitative estimate of drug-likeness (QED) is 0.0456. The molecule has 0 aromatic heterocycles. The second kappa shape index (κ2) is 22.9. The highest BCUT2D eigenvalue weighted by Gasteiger charge is 2.46. The lowest BCUT2D eigenvalue weighted by Gasteiger charge is -2.35. The van der Waals surface area contributed by atoms with Crippen molar-refractivity contribution < 1.29 is 0 Å². The fraction of sp³-hybridized carbons (Fsp3) is 0.284. The van der Waals surface area contributed by atoms with E-state index in [0.29, 0.717) is 0 Å². The highest BCUT2D eigenvalue weighted by molar-refractivity contribution is 6.91. The monoisotopic (exact) mass is 920 g/mol. The van der Waals surface area contributed by atoms with Gasteiger partial charge in [-0.15, -0.1) is 0 Å². The summed E-state index contributed by atoms with van der Waals surface area (Å²) in [6.07, 6.45) is 16.3. The molecule has 0 radical (unpaired) electrons. The molecule has 0 amide bonds. The van der Waals surface area contributed by atoms with E-state index in [-0.39, 0.29) is 0 Å². The van der Waals surface area contributed by atoms with Crippen LogP contribution in [-0.4, -0.2) is 8.07 Å². The molecule has 0 saturated carbocycles. The minimum atomic E-state index is -1.66. The Hall–Kier alpha value is -6.22. The van der Waals surface area contributed by atoms with Crippen molar-refractivity contribution in [1.29, 1.82) is 0 Å². The summed E-state index contributed by atoms with van der Waals surface area (Å²) >= 11 is 0. The second-order valence-electron chi connectivity index (χ2n) is 19.8. The molecule has 0 bridgehead atoms. The molecule has 0 fully saturated rings. The van der Waals surface area contributed by atoms with E-state index in [1.54, 1.807) is 5.19 Å². The number of unbranched alkanes of at least 4 members (excludes halogenated alkanes) is 9. The van der Waals surface area contributed by atoms with Gasteiger partial charge in [0, 0.05) is 17.1 Å². The van der Waals surface area contributed by atoms with Gasteiger partial charge in [0.15, 0.2) is 0 Å². The number of hydrogen-bond donors (Lipinski definition) is 0. The zero-order chi connectivity index (χ0) is 47.3. The van der Waals surface area contributed by atoms with Gasteiger partial charge in [0.1, 0.15) is 0 Å². The molecule has 0 unspecified atom stereocenters. The third-order valence-corrected chi connectivity index (χ3v) is 20.9. The summed E-state index contributed by atoms with van der Waals surface area (Å²) in [5.41, 5.74) is 15.7. The van der Waals surface area contributed by atoms with Crippen LogP contribution in [0.1, 0.15) is 120 Å². The number of rotatable bonds is 23. The van der Waals surface area contributed by atoms with Crippen molar-refractivity contribution in [2.75, 3.05) is 4.90 Å². The summed E-state index contributed by atoms with van der Waals surface area (Å²) in [6, 6.07) is 82.2. The Kier molecular flexibility index (Phi) is 15.9. The van der Waals surface area contributed by atoms with Gasteiger partial charge in [-0.2, -0.15) is 0 Å². The molecule has 9 rings (SSSR count). The van der Waals surface area contributed by atoms with Crippen molar-refractivity contribution in [3.63, 3.8) is 0 Å². The maximum absolute atomic E-state index is 2.57. The van der Waals surface area contributed by atoms with Crippen LogP contribution in [0.3, 0.4) is 0 Å².